The largest absolute Gasteiger partial charge is 0.314 e. The third kappa shape index (κ3) is 4.21. The number of piperazine rings is 1. The Kier molecular flexibility index (Phi) is 7.02. The third-order valence-corrected chi connectivity index (χ3v) is 3.30. The van der Waals surface area contributed by atoms with Gasteiger partial charge in [0.2, 0.25) is 0 Å². The van der Waals surface area contributed by atoms with Crippen molar-refractivity contribution in [1.29, 1.82) is 0 Å². The Morgan fingerprint density at radius 1 is 1.10 bits per heavy atom. The highest BCUT2D eigenvalue weighted by molar-refractivity contribution is 5.85. The molecule has 1 N–H and O–H groups in total. The average molecular weight is 315 g/mol. The van der Waals surface area contributed by atoms with E-state index in [1.54, 1.807) is 0 Å². The zero-order valence-electron chi connectivity index (χ0n) is 11.2. The summed E-state index contributed by atoms with van der Waals surface area (Å²) in [4.78, 5) is 2.48. The highest BCUT2D eigenvalue weighted by Gasteiger charge is 2.10. The van der Waals surface area contributed by atoms with Crippen molar-refractivity contribution < 1.29 is 0 Å². The lowest BCUT2D eigenvalue weighted by molar-refractivity contribution is 0.233. The van der Waals surface area contributed by atoms with Crippen molar-refractivity contribution in [3.63, 3.8) is 0 Å². The standard InChI is InChI=1S/C14H18N4.2ClH/c1-3-13(12-17-9-6-15-7-10-17)11-14(4-1)18-8-2-5-16-18;;/h1-5,8,11,15H,6-7,9-10,12H2;2*1H. The molecule has 0 amide bonds. The van der Waals surface area contributed by atoms with E-state index in [1.807, 2.05) is 23.1 Å². The van der Waals surface area contributed by atoms with E-state index in [0.29, 0.717) is 0 Å². The van der Waals surface area contributed by atoms with Gasteiger partial charge in [0, 0.05) is 45.1 Å². The Labute approximate surface area is 132 Å². The van der Waals surface area contributed by atoms with E-state index in [0.717, 1.165) is 38.4 Å². The van der Waals surface area contributed by atoms with E-state index in [-0.39, 0.29) is 24.8 Å². The van der Waals surface area contributed by atoms with Crippen LogP contribution in [-0.2, 0) is 6.54 Å². The number of rotatable bonds is 3. The lowest BCUT2D eigenvalue weighted by Gasteiger charge is -2.27. The molecule has 20 heavy (non-hydrogen) atoms. The minimum absolute atomic E-state index is 0. The first-order valence-corrected chi connectivity index (χ1v) is 6.44. The van der Waals surface area contributed by atoms with Crippen LogP contribution in [0, 0.1) is 0 Å². The van der Waals surface area contributed by atoms with Gasteiger partial charge < -0.3 is 5.32 Å². The van der Waals surface area contributed by atoms with Crippen molar-refractivity contribution in [3.05, 3.63) is 48.3 Å². The summed E-state index contributed by atoms with van der Waals surface area (Å²) in [6.07, 6.45) is 3.78. The number of hydrogen-bond donors (Lipinski definition) is 1. The Morgan fingerprint density at radius 3 is 2.60 bits per heavy atom. The highest BCUT2D eigenvalue weighted by Crippen LogP contribution is 2.12. The van der Waals surface area contributed by atoms with Crippen molar-refractivity contribution in [1.82, 2.24) is 20.0 Å². The van der Waals surface area contributed by atoms with Gasteiger partial charge in [-0.15, -0.1) is 24.8 Å². The Morgan fingerprint density at radius 2 is 1.90 bits per heavy atom. The third-order valence-electron chi connectivity index (χ3n) is 3.30. The molecule has 0 unspecified atom stereocenters. The molecule has 0 radical (unpaired) electrons. The first kappa shape index (κ1) is 17.0. The number of hydrogen-bond acceptors (Lipinski definition) is 3. The topological polar surface area (TPSA) is 33.1 Å². The van der Waals surface area contributed by atoms with Crippen LogP contribution in [-0.4, -0.2) is 40.9 Å². The molecule has 1 aliphatic heterocycles. The van der Waals surface area contributed by atoms with Gasteiger partial charge in [-0.2, -0.15) is 5.10 Å². The van der Waals surface area contributed by atoms with Crippen LogP contribution in [0.5, 0.6) is 0 Å². The second kappa shape index (κ2) is 8.27. The van der Waals surface area contributed by atoms with Gasteiger partial charge in [-0.1, -0.05) is 12.1 Å². The van der Waals surface area contributed by atoms with Crippen LogP contribution in [0.15, 0.2) is 42.7 Å². The molecule has 1 aromatic carbocycles. The average Bonchev–Trinajstić information content (AvgIpc) is 2.94. The highest BCUT2D eigenvalue weighted by atomic mass is 35.5. The summed E-state index contributed by atoms with van der Waals surface area (Å²) in [6.45, 7) is 5.48. The Balaban J connectivity index is 0.000001000. The van der Waals surface area contributed by atoms with Gasteiger partial charge in [0.15, 0.2) is 0 Å². The molecule has 0 aliphatic carbocycles. The zero-order valence-corrected chi connectivity index (χ0v) is 12.9. The monoisotopic (exact) mass is 314 g/mol. The maximum atomic E-state index is 4.27. The van der Waals surface area contributed by atoms with E-state index in [9.17, 15) is 0 Å². The predicted octanol–water partition coefficient (Wildman–Crippen LogP) is 2.12. The van der Waals surface area contributed by atoms with Crippen molar-refractivity contribution >= 4 is 24.8 Å². The van der Waals surface area contributed by atoms with E-state index < -0.39 is 0 Å². The second-order valence-corrected chi connectivity index (χ2v) is 4.65. The van der Waals surface area contributed by atoms with Crippen molar-refractivity contribution in [2.75, 3.05) is 26.2 Å². The number of benzene rings is 1. The molecule has 0 saturated carbocycles. The fourth-order valence-corrected chi connectivity index (χ4v) is 2.35. The molecular formula is C14H20Cl2N4. The quantitative estimate of drug-likeness (QED) is 0.942. The molecule has 1 aromatic heterocycles. The molecule has 110 valence electrons. The smallest absolute Gasteiger partial charge is 0.0648 e. The molecule has 0 atom stereocenters. The van der Waals surface area contributed by atoms with Gasteiger partial charge in [-0.05, 0) is 23.8 Å². The molecule has 0 bridgehead atoms. The number of halogens is 2. The van der Waals surface area contributed by atoms with Crippen LogP contribution in [0.1, 0.15) is 5.56 Å². The van der Waals surface area contributed by atoms with Gasteiger partial charge in [0.1, 0.15) is 0 Å². The fraction of sp³-hybridized carbons (Fsp3) is 0.357. The molecule has 3 rings (SSSR count). The van der Waals surface area contributed by atoms with Crippen LogP contribution in [0.3, 0.4) is 0 Å². The number of nitrogens with one attached hydrogen (secondary N) is 1. The fourth-order valence-electron chi connectivity index (χ4n) is 2.35. The van der Waals surface area contributed by atoms with E-state index >= 15 is 0 Å². The number of nitrogens with zero attached hydrogens (tertiary/aromatic N) is 3. The van der Waals surface area contributed by atoms with E-state index in [4.69, 9.17) is 0 Å². The predicted molar refractivity (Wildman–Crippen MR) is 86.2 cm³/mol. The minimum atomic E-state index is 0. The van der Waals surface area contributed by atoms with Crippen molar-refractivity contribution in [2.45, 2.75) is 6.54 Å². The Bertz CT molecular complexity index is 496. The van der Waals surface area contributed by atoms with Crippen LogP contribution in [0.4, 0.5) is 0 Å². The van der Waals surface area contributed by atoms with Crippen molar-refractivity contribution in [3.8, 4) is 5.69 Å². The van der Waals surface area contributed by atoms with Crippen LogP contribution >= 0.6 is 24.8 Å². The summed E-state index contributed by atoms with van der Waals surface area (Å²) < 4.78 is 1.90. The maximum Gasteiger partial charge on any atom is 0.0648 e. The van der Waals surface area contributed by atoms with E-state index in [2.05, 4.69) is 39.6 Å². The molecule has 2 heterocycles. The Hall–Kier alpha value is -1.07. The zero-order chi connectivity index (χ0) is 12.2. The van der Waals surface area contributed by atoms with Crippen LogP contribution < -0.4 is 5.32 Å². The molecular weight excluding hydrogens is 295 g/mol. The lowest BCUT2D eigenvalue weighted by Crippen LogP contribution is -2.42. The lowest BCUT2D eigenvalue weighted by atomic mass is 10.2. The van der Waals surface area contributed by atoms with Crippen LogP contribution in [0.2, 0.25) is 0 Å². The molecule has 1 aliphatic rings. The summed E-state index contributed by atoms with van der Waals surface area (Å²) in [5.41, 5.74) is 2.48. The SMILES string of the molecule is Cl.Cl.c1cc(CN2CCNCC2)cc(-n2cccn2)c1. The molecule has 6 heteroatoms. The summed E-state index contributed by atoms with van der Waals surface area (Å²) >= 11 is 0. The first-order valence-electron chi connectivity index (χ1n) is 6.44. The van der Waals surface area contributed by atoms with Gasteiger partial charge in [0.25, 0.3) is 0 Å². The molecule has 1 saturated heterocycles. The maximum absolute atomic E-state index is 4.27. The summed E-state index contributed by atoms with van der Waals surface area (Å²) in [5, 5.41) is 7.65. The summed E-state index contributed by atoms with van der Waals surface area (Å²) in [7, 11) is 0. The normalized spacial score (nSPS) is 15.2. The van der Waals surface area contributed by atoms with Gasteiger partial charge >= 0.3 is 0 Å². The first-order chi connectivity index (χ1) is 8.92. The molecule has 4 nitrogen and oxygen atoms in total. The van der Waals surface area contributed by atoms with Gasteiger partial charge in [0.05, 0.1) is 5.69 Å². The molecule has 1 fully saturated rings. The summed E-state index contributed by atoms with van der Waals surface area (Å²) in [5.74, 6) is 0. The molecule has 0 spiro atoms. The van der Waals surface area contributed by atoms with Gasteiger partial charge in [-0.3, -0.25) is 4.90 Å². The second-order valence-electron chi connectivity index (χ2n) is 4.65. The summed E-state index contributed by atoms with van der Waals surface area (Å²) in [6, 6.07) is 10.6. The number of aromatic nitrogens is 2. The van der Waals surface area contributed by atoms with Gasteiger partial charge in [-0.25, -0.2) is 4.68 Å². The van der Waals surface area contributed by atoms with Crippen molar-refractivity contribution in [2.24, 2.45) is 0 Å². The minimum Gasteiger partial charge on any atom is -0.314 e. The van der Waals surface area contributed by atoms with Crippen LogP contribution in [0.25, 0.3) is 5.69 Å². The molecule has 2 aromatic rings. The van der Waals surface area contributed by atoms with E-state index in [1.165, 1.54) is 5.56 Å².